The Balaban J connectivity index is 1.72. The Hall–Kier alpha value is -1.23. The maximum absolute atomic E-state index is 12.8. The van der Waals surface area contributed by atoms with Crippen LogP contribution in [-0.2, 0) is 11.2 Å². The van der Waals surface area contributed by atoms with Crippen molar-refractivity contribution in [3.63, 3.8) is 0 Å². The average molecular weight is 358 g/mol. The Morgan fingerprint density at radius 2 is 1.86 bits per heavy atom. The maximum atomic E-state index is 12.8. The van der Waals surface area contributed by atoms with Gasteiger partial charge in [0.15, 0.2) is 0 Å². The van der Waals surface area contributed by atoms with E-state index in [9.17, 15) is 9.18 Å². The molecule has 0 saturated carbocycles. The molecule has 1 amide bonds. The predicted octanol–water partition coefficient (Wildman–Crippen LogP) is 4.58. The molecule has 0 aliphatic heterocycles. The quantitative estimate of drug-likeness (QED) is 0.766. The first-order valence-electron chi connectivity index (χ1n) is 6.63. The molecule has 0 saturated heterocycles. The SMILES string of the molecule is O=C(CSc1ccc(F)cc1)NCCc1ccc(Cl)cc1Cl. The Morgan fingerprint density at radius 1 is 1.14 bits per heavy atom. The second-order valence-electron chi connectivity index (χ2n) is 4.58. The van der Waals surface area contributed by atoms with Gasteiger partial charge in [-0.1, -0.05) is 29.3 Å². The lowest BCUT2D eigenvalue weighted by Gasteiger charge is -2.07. The first kappa shape index (κ1) is 17.1. The number of carbonyl (C=O) groups is 1. The molecule has 0 spiro atoms. The summed E-state index contributed by atoms with van der Waals surface area (Å²) in [6, 6.07) is 11.4. The Labute approximate surface area is 143 Å². The summed E-state index contributed by atoms with van der Waals surface area (Å²) >= 11 is 13.3. The van der Waals surface area contributed by atoms with Crippen molar-refractivity contribution in [3.8, 4) is 0 Å². The van der Waals surface area contributed by atoms with E-state index in [1.54, 1.807) is 24.3 Å². The molecule has 2 aromatic carbocycles. The van der Waals surface area contributed by atoms with Crippen LogP contribution in [0.2, 0.25) is 10.0 Å². The van der Waals surface area contributed by atoms with Gasteiger partial charge in [-0.3, -0.25) is 4.79 Å². The van der Waals surface area contributed by atoms with Crippen LogP contribution in [0, 0.1) is 5.82 Å². The van der Waals surface area contributed by atoms with E-state index < -0.39 is 0 Å². The summed E-state index contributed by atoms with van der Waals surface area (Å²) in [5.74, 6) is -0.0620. The Kier molecular flexibility index (Phi) is 6.55. The van der Waals surface area contributed by atoms with Crippen LogP contribution in [0.15, 0.2) is 47.4 Å². The van der Waals surface area contributed by atoms with E-state index in [0.717, 1.165) is 10.5 Å². The first-order chi connectivity index (χ1) is 10.5. The number of nitrogens with one attached hydrogen (secondary N) is 1. The van der Waals surface area contributed by atoms with Crippen molar-refractivity contribution in [2.75, 3.05) is 12.3 Å². The summed E-state index contributed by atoms with van der Waals surface area (Å²) in [6.07, 6.45) is 0.642. The van der Waals surface area contributed by atoms with Crippen LogP contribution in [-0.4, -0.2) is 18.2 Å². The molecule has 0 atom stereocenters. The van der Waals surface area contributed by atoms with Gasteiger partial charge in [0.05, 0.1) is 5.75 Å². The van der Waals surface area contributed by atoms with Gasteiger partial charge in [-0.2, -0.15) is 0 Å². The van der Waals surface area contributed by atoms with E-state index in [1.165, 1.54) is 23.9 Å². The molecule has 0 fully saturated rings. The van der Waals surface area contributed by atoms with Crippen molar-refractivity contribution in [1.29, 1.82) is 0 Å². The number of rotatable bonds is 6. The minimum Gasteiger partial charge on any atom is -0.355 e. The molecule has 0 aromatic heterocycles. The number of amides is 1. The van der Waals surface area contributed by atoms with Crippen LogP contribution in [0.4, 0.5) is 4.39 Å². The summed E-state index contributed by atoms with van der Waals surface area (Å²) in [5, 5.41) is 4.02. The lowest BCUT2D eigenvalue weighted by Crippen LogP contribution is -2.27. The number of halogens is 3. The fourth-order valence-electron chi connectivity index (χ4n) is 1.79. The standard InChI is InChI=1S/C16H14Cl2FNOS/c17-12-2-1-11(15(18)9-12)7-8-20-16(21)10-22-14-5-3-13(19)4-6-14/h1-6,9H,7-8,10H2,(H,20,21). The molecular weight excluding hydrogens is 344 g/mol. The van der Waals surface area contributed by atoms with Crippen molar-refractivity contribution in [2.24, 2.45) is 0 Å². The zero-order valence-corrected chi connectivity index (χ0v) is 13.9. The van der Waals surface area contributed by atoms with Gasteiger partial charge in [0.1, 0.15) is 5.82 Å². The largest absolute Gasteiger partial charge is 0.355 e. The first-order valence-corrected chi connectivity index (χ1v) is 8.38. The zero-order chi connectivity index (χ0) is 15.9. The summed E-state index contributed by atoms with van der Waals surface area (Å²) in [5.41, 5.74) is 0.942. The maximum Gasteiger partial charge on any atom is 0.230 e. The van der Waals surface area contributed by atoms with Crippen LogP contribution in [0.5, 0.6) is 0 Å². The predicted molar refractivity (Wildman–Crippen MR) is 90.3 cm³/mol. The molecule has 22 heavy (non-hydrogen) atoms. The van der Waals surface area contributed by atoms with Crippen molar-refractivity contribution < 1.29 is 9.18 Å². The third-order valence-corrected chi connectivity index (χ3v) is 4.51. The molecule has 0 heterocycles. The lowest BCUT2D eigenvalue weighted by atomic mass is 10.1. The fourth-order valence-corrected chi connectivity index (χ4v) is 3.02. The summed E-state index contributed by atoms with van der Waals surface area (Å²) in [7, 11) is 0. The monoisotopic (exact) mass is 357 g/mol. The fraction of sp³-hybridized carbons (Fsp3) is 0.188. The van der Waals surface area contributed by atoms with Crippen LogP contribution in [0.3, 0.4) is 0 Å². The molecule has 1 N–H and O–H groups in total. The molecule has 0 radical (unpaired) electrons. The molecule has 6 heteroatoms. The number of carbonyl (C=O) groups excluding carboxylic acids is 1. The highest BCUT2D eigenvalue weighted by Crippen LogP contribution is 2.21. The van der Waals surface area contributed by atoms with E-state index in [2.05, 4.69) is 5.32 Å². The molecular formula is C16H14Cl2FNOS. The van der Waals surface area contributed by atoms with Gasteiger partial charge < -0.3 is 5.32 Å². The lowest BCUT2D eigenvalue weighted by molar-refractivity contribution is -0.118. The van der Waals surface area contributed by atoms with E-state index in [1.807, 2.05) is 6.07 Å². The summed E-state index contributed by atoms with van der Waals surface area (Å²) < 4.78 is 12.8. The molecule has 0 unspecified atom stereocenters. The third-order valence-electron chi connectivity index (χ3n) is 2.92. The van der Waals surface area contributed by atoms with Crippen LogP contribution in [0.25, 0.3) is 0 Å². The highest BCUT2D eigenvalue weighted by atomic mass is 35.5. The number of benzene rings is 2. The highest BCUT2D eigenvalue weighted by molar-refractivity contribution is 8.00. The van der Waals surface area contributed by atoms with E-state index in [4.69, 9.17) is 23.2 Å². The number of hydrogen-bond acceptors (Lipinski definition) is 2. The Bertz CT molecular complexity index is 649. The second-order valence-corrected chi connectivity index (χ2v) is 6.47. The smallest absolute Gasteiger partial charge is 0.230 e. The number of thioether (sulfide) groups is 1. The highest BCUT2D eigenvalue weighted by Gasteiger charge is 2.05. The molecule has 2 aromatic rings. The van der Waals surface area contributed by atoms with Gasteiger partial charge in [-0.05, 0) is 48.4 Å². The summed E-state index contributed by atoms with van der Waals surface area (Å²) in [6.45, 7) is 0.504. The van der Waals surface area contributed by atoms with Gasteiger partial charge in [-0.15, -0.1) is 11.8 Å². The van der Waals surface area contributed by atoms with Gasteiger partial charge in [0.25, 0.3) is 0 Å². The van der Waals surface area contributed by atoms with E-state index in [-0.39, 0.29) is 11.7 Å². The molecule has 2 nitrogen and oxygen atoms in total. The van der Waals surface area contributed by atoms with Crippen LogP contribution in [0.1, 0.15) is 5.56 Å². The molecule has 0 aliphatic rings. The van der Waals surface area contributed by atoms with Gasteiger partial charge in [0, 0.05) is 21.5 Å². The van der Waals surface area contributed by atoms with Crippen molar-refractivity contribution in [1.82, 2.24) is 5.32 Å². The van der Waals surface area contributed by atoms with Gasteiger partial charge in [-0.25, -0.2) is 4.39 Å². The molecule has 2 rings (SSSR count). The topological polar surface area (TPSA) is 29.1 Å². The van der Waals surface area contributed by atoms with E-state index in [0.29, 0.717) is 28.8 Å². The minimum absolute atomic E-state index is 0.0700. The number of hydrogen-bond donors (Lipinski definition) is 1. The van der Waals surface area contributed by atoms with E-state index >= 15 is 0 Å². The second kappa shape index (κ2) is 8.42. The molecule has 0 aliphatic carbocycles. The third kappa shape index (κ3) is 5.52. The molecule has 0 bridgehead atoms. The minimum atomic E-state index is -0.284. The van der Waals surface area contributed by atoms with Crippen LogP contribution < -0.4 is 5.32 Å². The normalized spacial score (nSPS) is 10.5. The molecule has 116 valence electrons. The van der Waals surface area contributed by atoms with Crippen molar-refractivity contribution >= 4 is 40.9 Å². The average Bonchev–Trinajstić information content (AvgIpc) is 2.49. The van der Waals surface area contributed by atoms with Crippen LogP contribution >= 0.6 is 35.0 Å². The van der Waals surface area contributed by atoms with Gasteiger partial charge in [0.2, 0.25) is 5.91 Å². The summed E-state index contributed by atoms with van der Waals surface area (Å²) in [4.78, 5) is 12.6. The zero-order valence-electron chi connectivity index (χ0n) is 11.6. The van der Waals surface area contributed by atoms with Crippen molar-refractivity contribution in [3.05, 3.63) is 63.9 Å². The van der Waals surface area contributed by atoms with Crippen molar-refractivity contribution in [2.45, 2.75) is 11.3 Å². The van der Waals surface area contributed by atoms with Gasteiger partial charge >= 0.3 is 0 Å². The Morgan fingerprint density at radius 3 is 2.55 bits per heavy atom.